The smallest absolute Gasteiger partial charge is 0.195 e. The summed E-state index contributed by atoms with van der Waals surface area (Å²) >= 11 is 0. The Kier molecular flexibility index (Phi) is 2.64. The first-order chi connectivity index (χ1) is 7.68. The van der Waals surface area contributed by atoms with Gasteiger partial charge in [0.25, 0.3) is 0 Å². The van der Waals surface area contributed by atoms with Crippen molar-refractivity contribution >= 4 is 11.5 Å². The maximum absolute atomic E-state index is 13.0. The van der Waals surface area contributed by atoms with Gasteiger partial charge in [0.05, 0.1) is 0 Å². The zero-order chi connectivity index (χ0) is 11.5. The van der Waals surface area contributed by atoms with Crippen LogP contribution in [0.15, 0.2) is 42.7 Å². The molecule has 16 heavy (non-hydrogen) atoms. The first-order valence-corrected chi connectivity index (χ1v) is 4.68. The second kappa shape index (κ2) is 4.10. The maximum atomic E-state index is 13.0. The fraction of sp³-hybridized carbons (Fsp3) is 0. The number of hydrogen-bond donors (Lipinski definition) is 1. The number of aromatic nitrogens is 1. The lowest BCUT2D eigenvalue weighted by Gasteiger charge is -2.04. The van der Waals surface area contributed by atoms with Crippen molar-refractivity contribution in [2.75, 3.05) is 5.73 Å². The molecule has 1 heterocycles. The molecular formula is C12H9FN2O. The van der Waals surface area contributed by atoms with E-state index in [0.29, 0.717) is 5.56 Å². The van der Waals surface area contributed by atoms with Crippen LogP contribution in [0.4, 0.5) is 10.1 Å². The maximum Gasteiger partial charge on any atom is 0.195 e. The zero-order valence-electron chi connectivity index (χ0n) is 8.35. The van der Waals surface area contributed by atoms with Crippen molar-refractivity contribution in [3.05, 3.63) is 59.7 Å². The molecule has 0 fully saturated rings. The number of ketones is 1. The number of carbonyl (C=O) groups excluding carboxylic acids is 1. The number of nitrogens with two attached hydrogens (primary N) is 1. The molecule has 80 valence electrons. The van der Waals surface area contributed by atoms with Crippen LogP contribution in [-0.4, -0.2) is 10.8 Å². The summed E-state index contributed by atoms with van der Waals surface area (Å²) in [5, 5.41) is 0. The van der Waals surface area contributed by atoms with Crippen molar-refractivity contribution in [1.82, 2.24) is 4.98 Å². The van der Waals surface area contributed by atoms with Crippen LogP contribution in [-0.2, 0) is 0 Å². The highest BCUT2D eigenvalue weighted by atomic mass is 19.1. The van der Waals surface area contributed by atoms with Crippen LogP contribution in [0.25, 0.3) is 0 Å². The van der Waals surface area contributed by atoms with Gasteiger partial charge in [0.1, 0.15) is 5.82 Å². The summed E-state index contributed by atoms with van der Waals surface area (Å²) in [5.41, 5.74) is 6.50. The Hall–Kier alpha value is -2.23. The molecule has 3 nitrogen and oxygen atoms in total. The Labute approximate surface area is 91.7 Å². The van der Waals surface area contributed by atoms with Crippen molar-refractivity contribution in [3.8, 4) is 0 Å². The Balaban J connectivity index is 2.46. The highest BCUT2D eigenvalue weighted by Crippen LogP contribution is 2.17. The van der Waals surface area contributed by atoms with Gasteiger partial charge in [-0.15, -0.1) is 0 Å². The molecule has 0 aliphatic heterocycles. The van der Waals surface area contributed by atoms with Crippen molar-refractivity contribution in [2.45, 2.75) is 0 Å². The molecular weight excluding hydrogens is 207 g/mol. The number of anilines is 1. The van der Waals surface area contributed by atoms with Crippen molar-refractivity contribution in [3.63, 3.8) is 0 Å². The van der Waals surface area contributed by atoms with Gasteiger partial charge in [-0.2, -0.15) is 0 Å². The summed E-state index contributed by atoms with van der Waals surface area (Å²) in [6.45, 7) is 0. The fourth-order valence-corrected chi connectivity index (χ4v) is 1.38. The predicted octanol–water partition coefficient (Wildman–Crippen LogP) is 2.03. The molecule has 2 aromatic rings. The first-order valence-electron chi connectivity index (χ1n) is 4.68. The second-order valence-corrected chi connectivity index (χ2v) is 3.30. The molecule has 0 radical (unpaired) electrons. The molecule has 0 aliphatic rings. The van der Waals surface area contributed by atoms with Crippen LogP contribution in [0, 0.1) is 5.82 Å². The van der Waals surface area contributed by atoms with E-state index in [4.69, 9.17) is 5.73 Å². The van der Waals surface area contributed by atoms with E-state index in [1.807, 2.05) is 0 Å². The lowest BCUT2D eigenvalue weighted by Crippen LogP contribution is -2.05. The second-order valence-electron chi connectivity index (χ2n) is 3.30. The van der Waals surface area contributed by atoms with Gasteiger partial charge in [-0.05, 0) is 30.3 Å². The molecule has 2 N–H and O–H groups in total. The van der Waals surface area contributed by atoms with E-state index in [1.54, 1.807) is 12.1 Å². The molecule has 0 saturated carbocycles. The van der Waals surface area contributed by atoms with Crippen LogP contribution >= 0.6 is 0 Å². The molecule has 0 bridgehead atoms. The SMILES string of the molecule is Nc1ccc(F)cc1C(=O)c1ccncc1. The van der Waals surface area contributed by atoms with Crippen LogP contribution in [0.5, 0.6) is 0 Å². The zero-order valence-corrected chi connectivity index (χ0v) is 8.35. The summed E-state index contributed by atoms with van der Waals surface area (Å²) in [6, 6.07) is 6.86. The topological polar surface area (TPSA) is 56.0 Å². The number of nitrogens with zero attached hydrogens (tertiary/aromatic N) is 1. The van der Waals surface area contributed by atoms with E-state index >= 15 is 0 Å². The van der Waals surface area contributed by atoms with Gasteiger partial charge < -0.3 is 5.73 Å². The highest BCUT2D eigenvalue weighted by molar-refractivity contribution is 6.11. The first kappa shape index (κ1) is 10.3. The lowest BCUT2D eigenvalue weighted by atomic mass is 10.0. The van der Waals surface area contributed by atoms with Gasteiger partial charge in [0, 0.05) is 29.2 Å². The average molecular weight is 216 g/mol. The summed E-state index contributed by atoms with van der Waals surface area (Å²) in [5.74, 6) is -0.786. The van der Waals surface area contributed by atoms with Gasteiger partial charge in [-0.25, -0.2) is 4.39 Å². The minimum Gasteiger partial charge on any atom is -0.398 e. The van der Waals surface area contributed by atoms with Crippen molar-refractivity contribution in [2.24, 2.45) is 0 Å². The average Bonchev–Trinajstić information content (AvgIpc) is 2.32. The molecule has 0 saturated heterocycles. The van der Waals surface area contributed by atoms with E-state index in [2.05, 4.69) is 4.98 Å². The number of hydrogen-bond acceptors (Lipinski definition) is 3. The van der Waals surface area contributed by atoms with Gasteiger partial charge in [-0.1, -0.05) is 0 Å². The number of pyridine rings is 1. The van der Waals surface area contributed by atoms with Crippen LogP contribution in [0.1, 0.15) is 15.9 Å². The van der Waals surface area contributed by atoms with Crippen LogP contribution < -0.4 is 5.73 Å². The Morgan fingerprint density at radius 2 is 1.88 bits per heavy atom. The minimum atomic E-state index is -0.480. The van der Waals surface area contributed by atoms with Gasteiger partial charge in [-0.3, -0.25) is 9.78 Å². The molecule has 0 atom stereocenters. The molecule has 0 amide bonds. The molecule has 1 aromatic carbocycles. The van der Waals surface area contributed by atoms with E-state index in [-0.39, 0.29) is 17.0 Å². The monoisotopic (exact) mass is 216 g/mol. The highest BCUT2D eigenvalue weighted by Gasteiger charge is 2.12. The molecule has 0 spiro atoms. The van der Waals surface area contributed by atoms with Gasteiger partial charge in [0.15, 0.2) is 5.78 Å². The lowest BCUT2D eigenvalue weighted by molar-refractivity contribution is 0.103. The van der Waals surface area contributed by atoms with Gasteiger partial charge in [0.2, 0.25) is 0 Å². The van der Waals surface area contributed by atoms with E-state index in [1.165, 1.54) is 24.5 Å². The van der Waals surface area contributed by atoms with Crippen LogP contribution in [0.3, 0.4) is 0 Å². The third kappa shape index (κ3) is 1.91. The molecule has 0 unspecified atom stereocenters. The minimum absolute atomic E-state index is 0.172. The summed E-state index contributed by atoms with van der Waals surface area (Å²) < 4.78 is 13.0. The fourth-order valence-electron chi connectivity index (χ4n) is 1.38. The number of halogens is 1. The molecule has 0 aliphatic carbocycles. The number of carbonyl (C=O) groups is 1. The normalized spacial score (nSPS) is 10.1. The van der Waals surface area contributed by atoms with E-state index in [9.17, 15) is 9.18 Å². The van der Waals surface area contributed by atoms with E-state index in [0.717, 1.165) is 6.07 Å². The van der Waals surface area contributed by atoms with Crippen molar-refractivity contribution in [1.29, 1.82) is 0 Å². The molecule has 2 rings (SSSR count). The number of nitrogen functional groups attached to an aromatic ring is 1. The van der Waals surface area contributed by atoms with E-state index < -0.39 is 5.82 Å². The quantitative estimate of drug-likeness (QED) is 0.617. The third-order valence-corrected chi connectivity index (χ3v) is 2.20. The standard InChI is InChI=1S/C12H9FN2O/c13-9-1-2-11(14)10(7-9)12(16)8-3-5-15-6-4-8/h1-7H,14H2. The number of benzene rings is 1. The largest absolute Gasteiger partial charge is 0.398 e. The third-order valence-electron chi connectivity index (χ3n) is 2.20. The van der Waals surface area contributed by atoms with Crippen molar-refractivity contribution < 1.29 is 9.18 Å². The number of rotatable bonds is 2. The Morgan fingerprint density at radius 1 is 1.19 bits per heavy atom. The Bertz CT molecular complexity index is 526. The molecule has 4 heteroatoms. The summed E-state index contributed by atoms with van der Waals surface area (Å²) in [4.78, 5) is 15.7. The summed E-state index contributed by atoms with van der Waals surface area (Å²) in [7, 11) is 0. The molecule has 1 aromatic heterocycles. The van der Waals surface area contributed by atoms with Crippen LogP contribution in [0.2, 0.25) is 0 Å². The van der Waals surface area contributed by atoms with Gasteiger partial charge >= 0.3 is 0 Å². The Morgan fingerprint density at radius 3 is 2.56 bits per heavy atom. The predicted molar refractivity (Wildman–Crippen MR) is 58.5 cm³/mol. The summed E-state index contributed by atoms with van der Waals surface area (Å²) in [6.07, 6.45) is 3.01.